The van der Waals surface area contributed by atoms with Crippen LogP contribution in [0.5, 0.6) is 0 Å². The normalized spacial score (nSPS) is 0. The molecule has 0 aliphatic rings. The smallest absolute Gasteiger partial charge is 1.00 e. The monoisotopic (exact) mass is 118 g/mol. The summed E-state index contributed by atoms with van der Waals surface area (Å²) in [6, 6.07) is 0. The molecule has 0 fully saturated rings. The summed E-state index contributed by atoms with van der Waals surface area (Å²) in [7, 11) is 0. The summed E-state index contributed by atoms with van der Waals surface area (Å²) in [6.45, 7) is 0. The number of rotatable bonds is 0. The minimum absolute atomic E-state index is 0. The molecule has 0 aromatic rings. The average molecular weight is 118 g/mol. The van der Waals surface area contributed by atoms with Gasteiger partial charge in [0, 0.05) is 0 Å². The summed E-state index contributed by atoms with van der Waals surface area (Å²) in [5.74, 6) is 0. The van der Waals surface area contributed by atoms with Gasteiger partial charge >= 0.3 is 21.7 Å². The number of hydrogen-bond donors (Lipinski definition) is 0. The molecule has 0 atom stereocenters. The summed E-state index contributed by atoms with van der Waals surface area (Å²) < 4.78 is 0. The first kappa shape index (κ1) is 411. The molecule has 0 bridgehead atoms. The molecule has 3 nitrogen and oxygen atoms in total. The third kappa shape index (κ3) is 105. The SMILES string of the molecule is [F-].[OH-].[OH-].[OH-].[Ti+4]. The summed E-state index contributed by atoms with van der Waals surface area (Å²) >= 11 is 0. The molecular formula is H3FO3Ti. The Bertz CT molecular complexity index is 6.85. The summed E-state index contributed by atoms with van der Waals surface area (Å²) in [4.78, 5) is 0. The third-order valence-corrected chi connectivity index (χ3v) is 0. The molecule has 32 valence electrons. The van der Waals surface area contributed by atoms with Gasteiger partial charge in [0.2, 0.25) is 0 Å². The zero-order valence-electron chi connectivity index (χ0n) is 2.22. The molecule has 5 heavy (non-hydrogen) atoms. The van der Waals surface area contributed by atoms with Crippen LogP contribution < -0.4 is 4.70 Å². The van der Waals surface area contributed by atoms with Crippen LogP contribution in [0.2, 0.25) is 0 Å². The van der Waals surface area contributed by atoms with Crippen molar-refractivity contribution in [3.8, 4) is 0 Å². The van der Waals surface area contributed by atoms with Gasteiger partial charge < -0.3 is 21.1 Å². The molecule has 0 unspecified atom stereocenters. The maximum absolute atomic E-state index is 0. The summed E-state index contributed by atoms with van der Waals surface area (Å²) in [5.41, 5.74) is 0. The molecule has 0 aliphatic carbocycles. The quantitative estimate of drug-likeness (QED) is 0.308. The van der Waals surface area contributed by atoms with Crippen molar-refractivity contribution in [3.63, 3.8) is 0 Å². The topological polar surface area (TPSA) is 90.0 Å². The van der Waals surface area contributed by atoms with Crippen LogP contribution in [0.4, 0.5) is 0 Å². The minimum Gasteiger partial charge on any atom is -1.00 e. The van der Waals surface area contributed by atoms with Gasteiger partial charge in [0.15, 0.2) is 0 Å². The van der Waals surface area contributed by atoms with E-state index in [1.165, 1.54) is 0 Å². The zero-order chi connectivity index (χ0) is 0. The minimum atomic E-state index is 0. The fourth-order valence-electron chi connectivity index (χ4n) is 0. The van der Waals surface area contributed by atoms with Gasteiger partial charge in [0.1, 0.15) is 0 Å². The van der Waals surface area contributed by atoms with Gasteiger partial charge in [-0.2, -0.15) is 0 Å². The fraction of sp³-hybridized carbons (Fsp3) is 0. The Morgan fingerprint density at radius 3 is 0.600 bits per heavy atom. The van der Waals surface area contributed by atoms with Crippen molar-refractivity contribution >= 4 is 0 Å². The Balaban J connectivity index is 0. The van der Waals surface area contributed by atoms with E-state index in [0.717, 1.165) is 0 Å². The number of halogens is 1. The maximum atomic E-state index is 0. The molecule has 0 aromatic heterocycles. The van der Waals surface area contributed by atoms with Crippen LogP contribution in [-0.2, 0) is 21.7 Å². The second-order valence-electron chi connectivity index (χ2n) is 0. The molecule has 5 heteroatoms. The predicted molar refractivity (Wildman–Crippen MR) is 5.81 cm³/mol. The maximum Gasteiger partial charge on any atom is 4.00 e. The van der Waals surface area contributed by atoms with Gasteiger partial charge in [0.25, 0.3) is 0 Å². The van der Waals surface area contributed by atoms with E-state index < -0.39 is 0 Å². The molecule has 0 saturated carbocycles. The van der Waals surface area contributed by atoms with Gasteiger partial charge in [-0.05, 0) is 0 Å². The molecule has 0 amide bonds. The van der Waals surface area contributed by atoms with E-state index in [9.17, 15) is 0 Å². The molecule has 0 radical (unpaired) electrons. The van der Waals surface area contributed by atoms with Crippen LogP contribution in [0.15, 0.2) is 0 Å². The Morgan fingerprint density at radius 1 is 0.600 bits per heavy atom. The van der Waals surface area contributed by atoms with Gasteiger partial charge in [-0.3, -0.25) is 0 Å². The molecule has 0 heterocycles. The van der Waals surface area contributed by atoms with Gasteiger partial charge in [-0.15, -0.1) is 0 Å². The van der Waals surface area contributed by atoms with Crippen LogP contribution in [0.25, 0.3) is 0 Å². The Labute approximate surface area is 43.5 Å². The van der Waals surface area contributed by atoms with Crippen LogP contribution >= 0.6 is 0 Å². The van der Waals surface area contributed by atoms with Crippen LogP contribution in [0, 0.1) is 0 Å². The van der Waals surface area contributed by atoms with Crippen molar-refractivity contribution in [3.05, 3.63) is 0 Å². The standard InChI is InChI=1S/FH.3H2O.Ti/h1H;3*1H2;/q;;;;+4/p-4. The second kappa shape index (κ2) is 204. The van der Waals surface area contributed by atoms with Crippen molar-refractivity contribution in [2.24, 2.45) is 0 Å². The second-order valence-corrected chi connectivity index (χ2v) is 0. The van der Waals surface area contributed by atoms with E-state index in [0.29, 0.717) is 0 Å². The summed E-state index contributed by atoms with van der Waals surface area (Å²) in [6.07, 6.45) is 0. The van der Waals surface area contributed by atoms with Crippen LogP contribution in [0.3, 0.4) is 0 Å². The Morgan fingerprint density at radius 2 is 0.600 bits per heavy atom. The van der Waals surface area contributed by atoms with E-state index >= 15 is 0 Å². The fourth-order valence-corrected chi connectivity index (χ4v) is 0. The Kier molecular flexibility index (Phi) is 16800. The van der Waals surface area contributed by atoms with Crippen LogP contribution in [0.1, 0.15) is 0 Å². The number of hydrogen-bond acceptors (Lipinski definition) is 3. The van der Waals surface area contributed by atoms with E-state index in [1.807, 2.05) is 0 Å². The molecule has 0 spiro atoms. The molecular weight excluding hydrogens is 115 g/mol. The first-order valence-electron chi connectivity index (χ1n) is 0. The van der Waals surface area contributed by atoms with Crippen molar-refractivity contribution < 1.29 is 42.9 Å². The van der Waals surface area contributed by atoms with Crippen molar-refractivity contribution in [1.82, 2.24) is 0 Å². The van der Waals surface area contributed by atoms with Crippen molar-refractivity contribution in [2.75, 3.05) is 0 Å². The van der Waals surface area contributed by atoms with Gasteiger partial charge in [-0.25, -0.2) is 0 Å². The largest absolute Gasteiger partial charge is 4.00 e. The van der Waals surface area contributed by atoms with E-state index in [2.05, 4.69) is 0 Å². The molecule has 3 N–H and O–H groups in total. The van der Waals surface area contributed by atoms with Gasteiger partial charge in [-0.1, -0.05) is 0 Å². The molecule has 0 saturated heterocycles. The van der Waals surface area contributed by atoms with Crippen molar-refractivity contribution in [2.45, 2.75) is 0 Å². The Hall–Kier alpha value is 0.524. The van der Waals surface area contributed by atoms with E-state index in [-0.39, 0.29) is 42.9 Å². The van der Waals surface area contributed by atoms with Crippen LogP contribution in [-0.4, -0.2) is 16.4 Å². The predicted octanol–water partition coefficient (Wildman–Crippen LogP) is -3.53. The first-order chi connectivity index (χ1) is 0. The first-order valence-corrected chi connectivity index (χ1v) is 0. The third-order valence-electron chi connectivity index (χ3n) is 0. The van der Waals surface area contributed by atoms with Gasteiger partial charge in [0.05, 0.1) is 0 Å². The molecule has 0 aromatic carbocycles. The van der Waals surface area contributed by atoms with Crippen molar-refractivity contribution in [1.29, 1.82) is 0 Å². The van der Waals surface area contributed by atoms with E-state index in [4.69, 9.17) is 0 Å². The molecule has 0 aliphatic heterocycles. The molecule has 0 rings (SSSR count). The summed E-state index contributed by atoms with van der Waals surface area (Å²) in [5, 5.41) is 0. The zero-order valence-corrected chi connectivity index (χ0v) is 3.78. The average Bonchev–Trinajstić information content (AvgIpc) is 0. The van der Waals surface area contributed by atoms with E-state index in [1.54, 1.807) is 0 Å².